The molecular formula is C18H20F3N3O3. The molecule has 0 fully saturated rings. The van der Waals surface area contributed by atoms with E-state index >= 15 is 0 Å². The molecule has 0 radical (unpaired) electrons. The Morgan fingerprint density at radius 1 is 1.04 bits per heavy atom. The number of halogens is 3. The molecule has 0 aromatic heterocycles. The van der Waals surface area contributed by atoms with E-state index in [2.05, 4.69) is 10.3 Å². The highest BCUT2D eigenvalue weighted by atomic mass is 19.4. The Morgan fingerprint density at radius 3 is 2.41 bits per heavy atom. The van der Waals surface area contributed by atoms with E-state index in [9.17, 15) is 13.2 Å². The highest BCUT2D eigenvalue weighted by Gasteiger charge is 2.29. The number of alkyl halides is 3. The number of methoxy groups -OCH3 is 2. The van der Waals surface area contributed by atoms with Gasteiger partial charge in [0.25, 0.3) is 0 Å². The zero-order valence-electron chi connectivity index (χ0n) is 14.8. The summed E-state index contributed by atoms with van der Waals surface area (Å²) in [6.45, 7) is -1.19. The fourth-order valence-electron chi connectivity index (χ4n) is 2.19. The summed E-state index contributed by atoms with van der Waals surface area (Å²) in [6, 6.07) is 11.8. The molecule has 0 unspecified atom stereocenters. The maximum atomic E-state index is 12.3. The Kier molecular flexibility index (Phi) is 6.75. The van der Waals surface area contributed by atoms with Crippen molar-refractivity contribution in [1.82, 2.24) is 0 Å². The maximum Gasteiger partial charge on any atom is 0.422 e. The summed E-state index contributed by atoms with van der Waals surface area (Å²) in [6.07, 6.45) is -4.42. The molecule has 0 atom stereocenters. The van der Waals surface area contributed by atoms with Crippen LogP contribution in [-0.2, 0) is 6.54 Å². The first-order valence-electron chi connectivity index (χ1n) is 7.89. The van der Waals surface area contributed by atoms with Crippen molar-refractivity contribution in [2.45, 2.75) is 12.7 Å². The summed E-state index contributed by atoms with van der Waals surface area (Å²) in [5, 5.41) is 2.93. The lowest BCUT2D eigenvalue weighted by atomic mass is 10.2. The number of aliphatic imine (C=N–C) groups is 1. The van der Waals surface area contributed by atoms with E-state index in [-0.39, 0.29) is 24.0 Å². The van der Waals surface area contributed by atoms with Crippen LogP contribution in [0.25, 0.3) is 0 Å². The smallest absolute Gasteiger partial charge is 0.422 e. The van der Waals surface area contributed by atoms with Crippen LogP contribution in [0.5, 0.6) is 17.2 Å². The molecule has 0 spiro atoms. The largest absolute Gasteiger partial charge is 0.495 e. The van der Waals surface area contributed by atoms with E-state index in [1.807, 2.05) is 12.1 Å². The van der Waals surface area contributed by atoms with Gasteiger partial charge < -0.3 is 25.3 Å². The van der Waals surface area contributed by atoms with E-state index < -0.39 is 12.8 Å². The zero-order chi connectivity index (χ0) is 19.9. The topological polar surface area (TPSA) is 78.1 Å². The molecule has 2 aromatic carbocycles. The highest BCUT2D eigenvalue weighted by molar-refractivity contribution is 5.93. The van der Waals surface area contributed by atoms with E-state index in [1.54, 1.807) is 31.4 Å². The lowest BCUT2D eigenvalue weighted by Gasteiger charge is -2.13. The van der Waals surface area contributed by atoms with Crippen LogP contribution in [0.15, 0.2) is 47.5 Å². The number of anilines is 1. The second-order valence-electron chi connectivity index (χ2n) is 5.42. The number of para-hydroxylation sites is 2. The maximum absolute atomic E-state index is 12.3. The first-order chi connectivity index (χ1) is 12.8. The van der Waals surface area contributed by atoms with Crippen LogP contribution in [0, 0.1) is 0 Å². The normalized spacial score (nSPS) is 11.8. The minimum absolute atomic E-state index is 0.00248. The summed E-state index contributed by atoms with van der Waals surface area (Å²) in [5.74, 6) is 0.963. The van der Waals surface area contributed by atoms with Crippen molar-refractivity contribution in [2.75, 3.05) is 26.1 Å². The molecule has 9 heteroatoms. The van der Waals surface area contributed by atoms with E-state index in [1.165, 1.54) is 13.2 Å². The number of guanidine groups is 1. The minimum atomic E-state index is -4.42. The van der Waals surface area contributed by atoms with Crippen molar-refractivity contribution in [3.8, 4) is 17.2 Å². The molecule has 2 rings (SSSR count). The molecule has 0 amide bonds. The Bertz CT molecular complexity index is 795. The van der Waals surface area contributed by atoms with Gasteiger partial charge in [-0.3, -0.25) is 0 Å². The Morgan fingerprint density at radius 2 is 1.74 bits per heavy atom. The highest BCUT2D eigenvalue weighted by Crippen LogP contribution is 2.30. The number of nitrogens with one attached hydrogen (secondary N) is 1. The second kappa shape index (κ2) is 9.02. The number of hydrogen-bond acceptors (Lipinski definition) is 4. The Balaban J connectivity index is 2.05. The second-order valence-corrected chi connectivity index (χ2v) is 5.42. The van der Waals surface area contributed by atoms with Crippen LogP contribution in [-0.4, -0.2) is 33.0 Å². The predicted octanol–water partition coefficient (Wildman–Crippen LogP) is 3.57. The molecule has 0 aliphatic rings. The van der Waals surface area contributed by atoms with Gasteiger partial charge in [0.1, 0.15) is 5.75 Å². The summed E-state index contributed by atoms with van der Waals surface area (Å²) < 4.78 is 51.9. The molecule has 0 saturated carbocycles. The first-order valence-corrected chi connectivity index (χ1v) is 7.89. The fourth-order valence-corrected chi connectivity index (χ4v) is 2.19. The Hall–Kier alpha value is -3.10. The van der Waals surface area contributed by atoms with Gasteiger partial charge in [-0.15, -0.1) is 0 Å². The van der Waals surface area contributed by atoms with Crippen molar-refractivity contribution in [1.29, 1.82) is 0 Å². The number of ether oxygens (including phenoxy) is 3. The standard InChI is InChI=1S/C18H20F3N3O3/c1-25-14-6-4-3-5-13(14)24-17(22)23-10-12-7-8-15(16(9-12)26-2)27-11-18(19,20)21/h3-9H,10-11H2,1-2H3,(H3,22,23,24). The number of nitrogens with zero attached hydrogens (tertiary/aromatic N) is 1. The number of benzene rings is 2. The number of hydrogen-bond donors (Lipinski definition) is 2. The molecule has 6 nitrogen and oxygen atoms in total. The monoisotopic (exact) mass is 383 g/mol. The third kappa shape index (κ3) is 6.28. The van der Waals surface area contributed by atoms with Crippen LogP contribution in [0.2, 0.25) is 0 Å². The number of nitrogens with two attached hydrogens (primary N) is 1. The van der Waals surface area contributed by atoms with E-state index in [0.29, 0.717) is 17.0 Å². The quantitative estimate of drug-likeness (QED) is 0.565. The molecule has 0 bridgehead atoms. The van der Waals surface area contributed by atoms with Gasteiger partial charge in [0.05, 0.1) is 26.5 Å². The summed E-state index contributed by atoms with van der Waals surface area (Å²) >= 11 is 0. The predicted molar refractivity (Wildman–Crippen MR) is 96.5 cm³/mol. The first kappa shape index (κ1) is 20.2. The van der Waals surface area contributed by atoms with Gasteiger partial charge in [-0.1, -0.05) is 18.2 Å². The van der Waals surface area contributed by atoms with Crippen molar-refractivity contribution in [3.05, 3.63) is 48.0 Å². The number of rotatable bonds is 7. The van der Waals surface area contributed by atoms with Crippen LogP contribution >= 0.6 is 0 Å². The minimum Gasteiger partial charge on any atom is -0.495 e. The van der Waals surface area contributed by atoms with Crippen LogP contribution < -0.4 is 25.3 Å². The van der Waals surface area contributed by atoms with Crippen molar-refractivity contribution >= 4 is 11.6 Å². The van der Waals surface area contributed by atoms with Gasteiger partial charge in [-0.25, -0.2) is 4.99 Å². The third-order valence-electron chi connectivity index (χ3n) is 3.42. The molecule has 0 aliphatic carbocycles. The van der Waals surface area contributed by atoms with Gasteiger partial charge in [-0.05, 0) is 29.8 Å². The van der Waals surface area contributed by atoms with Gasteiger partial charge in [0.15, 0.2) is 24.1 Å². The van der Waals surface area contributed by atoms with Crippen molar-refractivity contribution < 1.29 is 27.4 Å². The molecule has 146 valence electrons. The van der Waals surface area contributed by atoms with Gasteiger partial charge >= 0.3 is 6.18 Å². The van der Waals surface area contributed by atoms with Crippen LogP contribution in [0.3, 0.4) is 0 Å². The molecule has 0 heterocycles. The van der Waals surface area contributed by atoms with Gasteiger partial charge in [0.2, 0.25) is 0 Å². The molecule has 3 N–H and O–H groups in total. The van der Waals surface area contributed by atoms with E-state index in [0.717, 1.165) is 0 Å². The SMILES string of the molecule is COc1ccccc1NC(N)=NCc1ccc(OCC(F)(F)F)c(OC)c1. The summed E-state index contributed by atoms with van der Waals surface area (Å²) in [5.41, 5.74) is 7.23. The summed E-state index contributed by atoms with van der Waals surface area (Å²) in [4.78, 5) is 4.21. The lowest BCUT2D eigenvalue weighted by molar-refractivity contribution is -0.153. The molecule has 27 heavy (non-hydrogen) atoms. The fraction of sp³-hybridized carbons (Fsp3) is 0.278. The zero-order valence-corrected chi connectivity index (χ0v) is 14.8. The van der Waals surface area contributed by atoms with Crippen molar-refractivity contribution in [2.24, 2.45) is 10.7 Å². The molecule has 0 aliphatic heterocycles. The average Bonchev–Trinajstić information content (AvgIpc) is 2.64. The molecule has 0 saturated heterocycles. The van der Waals surface area contributed by atoms with Crippen LogP contribution in [0.1, 0.15) is 5.56 Å². The third-order valence-corrected chi connectivity index (χ3v) is 3.42. The van der Waals surface area contributed by atoms with E-state index in [4.69, 9.17) is 19.9 Å². The Labute approximate surface area is 154 Å². The molecular weight excluding hydrogens is 363 g/mol. The summed E-state index contributed by atoms with van der Waals surface area (Å²) in [7, 11) is 2.89. The van der Waals surface area contributed by atoms with Gasteiger partial charge in [-0.2, -0.15) is 13.2 Å². The lowest BCUT2D eigenvalue weighted by Crippen LogP contribution is -2.23. The van der Waals surface area contributed by atoms with Crippen molar-refractivity contribution in [3.63, 3.8) is 0 Å². The van der Waals surface area contributed by atoms with Crippen LogP contribution in [0.4, 0.5) is 18.9 Å². The van der Waals surface area contributed by atoms with Gasteiger partial charge in [0, 0.05) is 0 Å². The molecule has 2 aromatic rings. The average molecular weight is 383 g/mol.